The first-order valence-electron chi connectivity index (χ1n) is 7.72. The number of rotatable bonds is 7. The fourth-order valence-electron chi connectivity index (χ4n) is 2.97. The maximum atomic E-state index is 5.71. The minimum Gasteiger partial charge on any atom is -0.380 e. The van der Waals surface area contributed by atoms with Gasteiger partial charge in [0.15, 0.2) is 0 Å². The van der Waals surface area contributed by atoms with Crippen LogP contribution in [0.4, 0.5) is 0 Å². The molecule has 3 nitrogen and oxygen atoms in total. The van der Waals surface area contributed by atoms with Crippen LogP contribution in [0.25, 0.3) is 0 Å². The van der Waals surface area contributed by atoms with Gasteiger partial charge >= 0.3 is 0 Å². The van der Waals surface area contributed by atoms with E-state index in [1.165, 1.54) is 32.2 Å². The standard InChI is InChI=1S/C15H30N2O/c1-4-5-9-18-10-8-17-12-15(3,14-6-7-14)16-11-13(17)2/h13-14,16H,4-12H2,1-3H3. The molecule has 2 atom stereocenters. The molecule has 0 amide bonds. The van der Waals surface area contributed by atoms with E-state index < -0.39 is 0 Å². The van der Waals surface area contributed by atoms with Crippen LogP contribution < -0.4 is 5.32 Å². The molecule has 1 saturated heterocycles. The molecule has 0 bridgehead atoms. The van der Waals surface area contributed by atoms with Gasteiger partial charge < -0.3 is 10.1 Å². The minimum atomic E-state index is 0.357. The van der Waals surface area contributed by atoms with Gasteiger partial charge in [-0.05, 0) is 39.0 Å². The monoisotopic (exact) mass is 254 g/mol. The Labute approximate surface area is 112 Å². The van der Waals surface area contributed by atoms with E-state index in [1.807, 2.05) is 0 Å². The van der Waals surface area contributed by atoms with Crippen molar-refractivity contribution in [1.29, 1.82) is 0 Å². The average molecular weight is 254 g/mol. The minimum absolute atomic E-state index is 0.357. The average Bonchev–Trinajstić information content (AvgIpc) is 3.18. The molecular formula is C15H30N2O. The van der Waals surface area contributed by atoms with Crippen molar-refractivity contribution >= 4 is 0 Å². The normalized spacial score (nSPS) is 33.8. The van der Waals surface area contributed by atoms with E-state index in [-0.39, 0.29) is 0 Å². The number of nitrogens with one attached hydrogen (secondary N) is 1. The maximum absolute atomic E-state index is 5.71. The van der Waals surface area contributed by atoms with E-state index in [2.05, 4.69) is 31.0 Å². The van der Waals surface area contributed by atoms with Crippen LogP contribution in [0.15, 0.2) is 0 Å². The zero-order chi connectivity index (χ0) is 13.0. The van der Waals surface area contributed by atoms with Gasteiger partial charge in [-0.3, -0.25) is 4.90 Å². The second-order valence-corrected chi connectivity index (χ2v) is 6.36. The van der Waals surface area contributed by atoms with Gasteiger partial charge in [-0.25, -0.2) is 0 Å². The zero-order valence-corrected chi connectivity index (χ0v) is 12.4. The van der Waals surface area contributed by atoms with Crippen LogP contribution in [0, 0.1) is 5.92 Å². The third kappa shape index (κ3) is 3.69. The molecular weight excluding hydrogens is 224 g/mol. The highest BCUT2D eigenvalue weighted by molar-refractivity contribution is 5.03. The summed E-state index contributed by atoms with van der Waals surface area (Å²) in [6.07, 6.45) is 5.25. The first-order valence-corrected chi connectivity index (χ1v) is 7.72. The van der Waals surface area contributed by atoms with Crippen LogP contribution in [0.1, 0.15) is 46.5 Å². The Morgan fingerprint density at radius 1 is 1.33 bits per heavy atom. The lowest BCUT2D eigenvalue weighted by atomic mass is 9.91. The topological polar surface area (TPSA) is 24.5 Å². The van der Waals surface area contributed by atoms with Crippen LogP contribution in [-0.2, 0) is 4.74 Å². The Hall–Kier alpha value is -0.120. The second-order valence-electron chi connectivity index (χ2n) is 6.36. The Morgan fingerprint density at radius 3 is 2.78 bits per heavy atom. The summed E-state index contributed by atoms with van der Waals surface area (Å²) in [5.41, 5.74) is 0.357. The molecule has 0 aromatic rings. The van der Waals surface area contributed by atoms with E-state index in [0.29, 0.717) is 11.6 Å². The molecule has 2 unspecified atom stereocenters. The lowest BCUT2D eigenvalue weighted by Crippen LogP contribution is -2.63. The number of ether oxygens (including phenoxy) is 1. The van der Waals surface area contributed by atoms with Crippen LogP contribution in [0.5, 0.6) is 0 Å². The number of piperazine rings is 1. The molecule has 1 heterocycles. The van der Waals surface area contributed by atoms with Crippen molar-refractivity contribution in [3.05, 3.63) is 0 Å². The van der Waals surface area contributed by atoms with Gasteiger partial charge in [0, 0.05) is 37.8 Å². The van der Waals surface area contributed by atoms with Crippen molar-refractivity contribution in [2.45, 2.75) is 58.0 Å². The summed E-state index contributed by atoms with van der Waals surface area (Å²) in [5, 5.41) is 3.77. The summed E-state index contributed by atoms with van der Waals surface area (Å²) >= 11 is 0. The molecule has 2 aliphatic rings. The predicted molar refractivity (Wildman–Crippen MR) is 75.9 cm³/mol. The molecule has 3 heteroatoms. The van der Waals surface area contributed by atoms with Crippen LogP contribution in [-0.4, -0.2) is 49.3 Å². The molecule has 0 aromatic heterocycles. The number of unbranched alkanes of at least 4 members (excludes halogenated alkanes) is 1. The number of nitrogens with zero attached hydrogens (tertiary/aromatic N) is 1. The van der Waals surface area contributed by atoms with Crippen LogP contribution in [0.2, 0.25) is 0 Å². The molecule has 1 aliphatic carbocycles. The van der Waals surface area contributed by atoms with Gasteiger partial charge in [0.05, 0.1) is 6.61 Å². The fraction of sp³-hybridized carbons (Fsp3) is 1.00. The molecule has 106 valence electrons. The van der Waals surface area contributed by atoms with Gasteiger partial charge in [0.1, 0.15) is 0 Å². The Balaban J connectivity index is 1.72. The summed E-state index contributed by atoms with van der Waals surface area (Å²) < 4.78 is 5.71. The van der Waals surface area contributed by atoms with Crippen molar-refractivity contribution in [3.63, 3.8) is 0 Å². The summed E-state index contributed by atoms with van der Waals surface area (Å²) in [6, 6.07) is 0.645. The molecule has 2 fully saturated rings. The maximum Gasteiger partial charge on any atom is 0.0593 e. The first-order chi connectivity index (χ1) is 8.65. The van der Waals surface area contributed by atoms with E-state index in [4.69, 9.17) is 4.74 Å². The predicted octanol–water partition coefficient (Wildman–Crippen LogP) is 2.27. The molecule has 1 N–H and O–H groups in total. The van der Waals surface area contributed by atoms with Gasteiger partial charge in [0.2, 0.25) is 0 Å². The third-order valence-corrected chi connectivity index (χ3v) is 4.60. The highest BCUT2D eigenvalue weighted by atomic mass is 16.5. The summed E-state index contributed by atoms with van der Waals surface area (Å²) in [4.78, 5) is 2.61. The zero-order valence-electron chi connectivity index (χ0n) is 12.4. The number of hydrogen-bond acceptors (Lipinski definition) is 3. The molecule has 0 radical (unpaired) electrons. The van der Waals surface area contributed by atoms with Crippen LogP contribution >= 0.6 is 0 Å². The fourth-order valence-corrected chi connectivity index (χ4v) is 2.97. The number of hydrogen-bond donors (Lipinski definition) is 1. The first kappa shape index (κ1) is 14.3. The molecule has 18 heavy (non-hydrogen) atoms. The van der Waals surface area contributed by atoms with Crippen molar-refractivity contribution in [2.75, 3.05) is 32.8 Å². The van der Waals surface area contributed by atoms with Gasteiger partial charge in [-0.1, -0.05) is 13.3 Å². The second kappa shape index (κ2) is 6.36. The highest BCUT2D eigenvalue weighted by Crippen LogP contribution is 2.41. The molecule has 0 spiro atoms. The molecule has 1 saturated carbocycles. The van der Waals surface area contributed by atoms with Crippen LogP contribution in [0.3, 0.4) is 0 Å². The highest BCUT2D eigenvalue weighted by Gasteiger charge is 2.45. The molecule has 0 aromatic carbocycles. The summed E-state index contributed by atoms with van der Waals surface area (Å²) in [6.45, 7) is 12.2. The Morgan fingerprint density at radius 2 is 2.11 bits per heavy atom. The molecule has 1 aliphatic heterocycles. The van der Waals surface area contributed by atoms with E-state index >= 15 is 0 Å². The van der Waals surface area contributed by atoms with Crippen molar-refractivity contribution in [3.8, 4) is 0 Å². The van der Waals surface area contributed by atoms with Crippen molar-refractivity contribution < 1.29 is 4.74 Å². The van der Waals surface area contributed by atoms with Gasteiger partial charge in [-0.15, -0.1) is 0 Å². The lowest BCUT2D eigenvalue weighted by Gasteiger charge is -2.45. The van der Waals surface area contributed by atoms with E-state index in [9.17, 15) is 0 Å². The van der Waals surface area contributed by atoms with E-state index in [0.717, 1.165) is 32.2 Å². The summed E-state index contributed by atoms with van der Waals surface area (Å²) in [7, 11) is 0. The summed E-state index contributed by atoms with van der Waals surface area (Å²) in [5.74, 6) is 0.911. The Kier molecular flexibility index (Phi) is 5.05. The lowest BCUT2D eigenvalue weighted by molar-refractivity contribution is 0.0435. The Bertz CT molecular complexity index is 255. The largest absolute Gasteiger partial charge is 0.380 e. The van der Waals surface area contributed by atoms with Gasteiger partial charge in [0.25, 0.3) is 0 Å². The smallest absolute Gasteiger partial charge is 0.0593 e. The SMILES string of the molecule is CCCCOCCN1CC(C)(C2CC2)NCC1C. The molecule has 2 rings (SSSR count). The van der Waals surface area contributed by atoms with Crippen molar-refractivity contribution in [1.82, 2.24) is 10.2 Å². The van der Waals surface area contributed by atoms with Crippen molar-refractivity contribution in [2.24, 2.45) is 5.92 Å². The quantitative estimate of drug-likeness (QED) is 0.705. The third-order valence-electron chi connectivity index (χ3n) is 4.60. The van der Waals surface area contributed by atoms with Gasteiger partial charge in [-0.2, -0.15) is 0 Å². The van der Waals surface area contributed by atoms with E-state index in [1.54, 1.807) is 0 Å².